The second kappa shape index (κ2) is 13.2. The fourth-order valence-electron chi connectivity index (χ4n) is 5.76. The highest BCUT2D eigenvalue weighted by Crippen LogP contribution is 2.42. The summed E-state index contributed by atoms with van der Waals surface area (Å²) in [6.45, 7) is 1.02. The second-order valence-electron chi connectivity index (χ2n) is 10.8. The maximum absolute atomic E-state index is 13.1. The molecule has 10 nitrogen and oxygen atoms in total. The standard InChI is InChI=1S/C34H30N4O6S2/c1-21(39)44-18-22-19-45-31-28(30(41)38(31)29(22)32(42)43)36-27(40)17-26-20-46-33(35-26)37-34(23-11-5-2-6-12-23,24-13-7-3-8-14-24)25-15-9-4-10-16-25/h2-16,20,28,31H,17-19H2,1H3,(H,35,37)(H,36,40)(H,42,43)/t28-,31-/m1/s1. The molecule has 3 heterocycles. The van der Waals surface area contributed by atoms with Gasteiger partial charge < -0.3 is 20.5 Å². The monoisotopic (exact) mass is 654 g/mol. The molecule has 46 heavy (non-hydrogen) atoms. The number of carboxylic acid groups (broad SMARTS) is 1. The van der Waals surface area contributed by atoms with Crippen molar-refractivity contribution in [3.05, 3.63) is 130 Å². The number of hydrogen-bond donors (Lipinski definition) is 3. The van der Waals surface area contributed by atoms with Crippen LogP contribution in [-0.2, 0) is 35.9 Å². The van der Waals surface area contributed by atoms with E-state index in [1.165, 1.54) is 30.0 Å². The van der Waals surface area contributed by atoms with E-state index in [4.69, 9.17) is 9.72 Å². The van der Waals surface area contributed by atoms with Gasteiger partial charge in [-0.05, 0) is 16.7 Å². The van der Waals surface area contributed by atoms with Gasteiger partial charge in [-0.15, -0.1) is 23.1 Å². The molecular formula is C34H30N4O6S2. The smallest absolute Gasteiger partial charge is 0.352 e. The first-order chi connectivity index (χ1) is 22.3. The van der Waals surface area contributed by atoms with E-state index in [2.05, 4.69) is 47.0 Å². The molecule has 4 aromatic rings. The zero-order valence-corrected chi connectivity index (χ0v) is 26.3. The number of anilines is 1. The zero-order chi connectivity index (χ0) is 32.3. The molecule has 1 aromatic heterocycles. The van der Waals surface area contributed by atoms with Crippen molar-refractivity contribution in [2.45, 2.75) is 30.3 Å². The summed E-state index contributed by atoms with van der Waals surface area (Å²) in [6.07, 6.45) is -0.0618. The Morgan fingerprint density at radius 2 is 1.52 bits per heavy atom. The number of esters is 1. The molecule has 3 N–H and O–H groups in total. The molecule has 0 aliphatic carbocycles. The number of hydrogen-bond acceptors (Lipinski definition) is 9. The van der Waals surface area contributed by atoms with E-state index in [9.17, 15) is 24.3 Å². The predicted octanol–water partition coefficient (Wildman–Crippen LogP) is 4.39. The van der Waals surface area contributed by atoms with Crippen molar-refractivity contribution in [3.63, 3.8) is 0 Å². The van der Waals surface area contributed by atoms with E-state index in [0.717, 1.165) is 21.6 Å². The molecule has 2 aliphatic rings. The van der Waals surface area contributed by atoms with Crippen molar-refractivity contribution >= 4 is 52.0 Å². The summed E-state index contributed by atoms with van der Waals surface area (Å²) in [4.78, 5) is 55.3. The average Bonchev–Trinajstić information content (AvgIpc) is 3.51. The zero-order valence-electron chi connectivity index (χ0n) is 24.7. The lowest BCUT2D eigenvalue weighted by atomic mass is 9.77. The summed E-state index contributed by atoms with van der Waals surface area (Å²) in [5.41, 5.74) is 2.95. The number of carboxylic acids is 1. The Bertz CT molecular complexity index is 1700. The molecular weight excluding hydrogens is 625 g/mol. The Balaban J connectivity index is 1.20. The molecule has 12 heteroatoms. The first-order valence-corrected chi connectivity index (χ1v) is 16.4. The quantitative estimate of drug-likeness (QED) is 0.122. The van der Waals surface area contributed by atoms with Gasteiger partial charge in [0.15, 0.2) is 5.13 Å². The molecule has 2 aliphatic heterocycles. The van der Waals surface area contributed by atoms with Crippen LogP contribution >= 0.6 is 23.1 Å². The van der Waals surface area contributed by atoms with Gasteiger partial charge in [-0.3, -0.25) is 19.3 Å². The summed E-state index contributed by atoms with van der Waals surface area (Å²) in [5.74, 6) is -2.51. The van der Waals surface area contributed by atoms with Crippen LogP contribution in [0.25, 0.3) is 0 Å². The van der Waals surface area contributed by atoms with Gasteiger partial charge in [0.25, 0.3) is 5.91 Å². The number of rotatable bonds is 11. The summed E-state index contributed by atoms with van der Waals surface area (Å²) < 4.78 is 4.98. The molecule has 2 amide bonds. The Morgan fingerprint density at radius 3 is 2.04 bits per heavy atom. The van der Waals surface area contributed by atoms with Crippen molar-refractivity contribution in [1.82, 2.24) is 15.2 Å². The predicted molar refractivity (Wildman–Crippen MR) is 175 cm³/mol. The van der Waals surface area contributed by atoms with Crippen LogP contribution in [0.2, 0.25) is 0 Å². The molecule has 0 unspecified atom stereocenters. The number of thiazole rings is 1. The molecule has 1 fully saturated rings. The number of carbonyl (C=O) groups excluding carboxylic acids is 3. The number of β-lactam (4-membered cyclic amide) rings is 1. The lowest BCUT2D eigenvalue weighted by molar-refractivity contribution is -0.151. The molecule has 0 spiro atoms. The number of thioether (sulfide) groups is 1. The third kappa shape index (κ3) is 6.01. The molecule has 3 aromatic carbocycles. The van der Waals surface area contributed by atoms with E-state index in [0.29, 0.717) is 16.4 Å². The molecule has 6 rings (SSSR count). The fourth-order valence-corrected chi connectivity index (χ4v) is 7.85. The van der Waals surface area contributed by atoms with E-state index in [-0.39, 0.29) is 24.5 Å². The Kier molecular flexibility index (Phi) is 8.91. The van der Waals surface area contributed by atoms with Gasteiger partial charge in [0, 0.05) is 23.6 Å². The van der Waals surface area contributed by atoms with Gasteiger partial charge in [0.05, 0.1) is 12.1 Å². The van der Waals surface area contributed by atoms with Crippen molar-refractivity contribution < 1.29 is 29.0 Å². The minimum atomic E-state index is -1.29. The lowest BCUT2D eigenvalue weighted by Crippen LogP contribution is -2.70. The summed E-state index contributed by atoms with van der Waals surface area (Å²) in [5, 5.41) is 18.1. The highest BCUT2D eigenvalue weighted by atomic mass is 32.2. The lowest BCUT2D eigenvalue weighted by Gasteiger charge is -2.49. The number of aromatic nitrogens is 1. The van der Waals surface area contributed by atoms with Gasteiger partial charge in [-0.25, -0.2) is 9.78 Å². The van der Waals surface area contributed by atoms with Gasteiger partial charge in [-0.1, -0.05) is 91.0 Å². The number of nitrogens with one attached hydrogen (secondary N) is 2. The highest BCUT2D eigenvalue weighted by Gasteiger charge is 2.54. The second-order valence-corrected chi connectivity index (χ2v) is 12.7. The minimum Gasteiger partial charge on any atom is -0.477 e. The molecule has 234 valence electrons. The largest absolute Gasteiger partial charge is 0.477 e. The van der Waals surface area contributed by atoms with E-state index in [1.807, 2.05) is 60.0 Å². The van der Waals surface area contributed by atoms with Crippen molar-refractivity contribution in [1.29, 1.82) is 0 Å². The van der Waals surface area contributed by atoms with Crippen LogP contribution in [-0.4, -0.2) is 62.5 Å². The number of nitrogens with zero attached hydrogens (tertiary/aromatic N) is 2. The van der Waals surface area contributed by atoms with Gasteiger partial charge in [0.1, 0.15) is 29.3 Å². The number of ether oxygens (including phenoxy) is 1. The maximum Gasteiger partial charge on any atom is 0.352 e. The van der Waals surface area contributed by atoms with Crippen LogP contribution in [0, 0.1) is 0 Å². The maximum atomic E-state index is 13.1. The molecule has 2 atom stereocenters. The third-order valence-corrected chi connectivity index (χ3v) is 9.97. The van der Waals surface area contributed by atoms with E-state index < -0.39 is 40.7 Å². The molecule has 0 radical (unpaired) electrons. The molecule has 0 bridgehead atoms. The van der Waals surface area contributed by atoms with Crippen LogP contribution in [0.4, 0.5) is 5.13 Å². The van der Waals surface area contributed by atoms with Crippen molar-refractivity contribution in [2.75, 3.05) is 17.7 Å². The topological polar surface area (TPSA) is 138 Å². The van der Waals surface area contributed by atoms with Gasteiger partial charge >= 0.3 is 11.9 Å². The average molecular weight is 655 g/mol. The number of amides is 2. The van der Waals surface area contributed by atoms with Crippen LogP contribution in [0.5, 0.6) is 0 Å². The van der Waals surface area contributed by atoms with Crippen LogP contribution in [0.1, 0.15) is 29.3 Å². The van der Waals surface area contributed by atoms with E-state index in [1.54, 1.807) is 0 Å². The van der Waals surface area contributed by atoms with Crippen molar-refractivity contribution in [2.24, 2.45) is 0 Å². The first-order valence-electron chi connectivity index (χ1n) is 14.5. The Hall–Kier alpha value is -4.94. The van der Waals surface area contributed by atoms with Crippen LogP contribution in [0.15, 0.2) is 108 Å². The first kappa shape index (κ1) is 31.1. The molecule has 1 saturated heterocycles. The summed E-state index contributed by atoms with van der Waals surface area (Å²) in [7, 11) is 0. The highest BCUT2D eigenvalue weighted by molar-refractivity contribution is 8.00. The number of aliphatic carboxylic acids is 1. The fraction of sp³-hybridized carbons (Fsp3) is 0.206. The molecule has 0 saturated carbocycles. The third-order valence-electron chi connectivity index (χ3n) is 7.82. The van der Waals surface area contributed by atoms with E-state index >= 15 is 0 Å². The Labute approximate surface area is 273 Å². The van der Waals surface area contributed by atoms with Crippen LogP contribution in [0.3, 0.4) is 0 Å². The van der Waals surface area contributed by atoms with Gasteiger partial charge in [-0.2, -0.15) is 0 Å². The number of benzene rings is 3. The summed E-state index contributed by atoms with van der Waals surface area (Å²) >= 11 is 2.69. The normalized spacial score (nSPS) is 17.5. The van der Waals surface area contributed by atoms with Crippen molar-refractivity contribution in [3.8, 4) is 0 Å². The minimum absolute atomic E-state index is 0.0618. The number of fused-ring (bicyclic) bond motifs is 1. The summed E-state index contributed by atoms with van der Waals surface area (Å²) in [6, 6.07) is 29.5. The van der Waals surface area contributed by atoms with Crippen LogP contribution < -0.4 is 10.6 Å². The SMILES string of the molecule is CC(=O)OCC1=C(C(=O)O)N2C(=O)[C@@H](NC(=O)Cc3csc(NC(c4ccccc4)(c4ccccc4)c4ccccc4)n3)[C@H]2SC1. The Morgan fingerprint density at radius 1 is 0.957 bits per heavy atom. The number of carbonyl (C=O) groups is 4. The van der Waals surface area contributed by atoms with Gasteiger partial charge in [0.2, 0.25) is 5.91 Å².